The molecule has 0 heterocycles. The molecule has 1 aromatic rings. The quantitative estimate of drug-likeness (QED) is 0.828. The third-order valence-corrected chi connectivity index (χ3v) is 2.78. The number of nitrogens with zero attached hydrogens (tertiary/aromatic N) is 1. The first-order valence-electron chi connectivity index (χ1n) is 5.46. The Morgan fingerprint density at radius 2 is 1.88 bits per heavy atom. The molecule has 0 atom stereocenters. The van der Waals surface area contributed by atoms with Gasteiger partial charge >= 0.3 is 5.97 Å². The van der Waals surface area contributed by atoms with Crippen LogP contribution >= 0.6 is 0 Å². The van der Waals surface area contributed by atoms with Gasteiger partial charge in [-0.05, 0) is 37.6 Å². The summed E-state index contributed by atoms with van der Waals surface area (Å²) in [6.07, 6.45) is 0.196. The zero-order chi connectivity index (χ0) is 12.1. The highest BCUT2D eigenvalue weighted by Gasteiger charge is 2.07. The van der Waals surface area contributed by atoms with Gasteiger partial charge in [0.2, 0.25) is 0 Å². The standard InChI is InChI=1S/C13H19NO2/c1-10-5-4-6-11(2)12(10)9-14(3)8-7-13(15)16/h4-6H,7-9H2,1-3H3,(H,15,16). The predicted octanol–water partition coefficient (Wildman–Crippen LogP) is 2.21. The minimum Gasteiger partial charge on any atom is -0.481 e. The van der Waals surface area contributed by atoms with Crippen molar-refractivity contribution >= 4 is 5.97 Å². The lowest BCUT2D eigenvalue weighted by Crippen LogP contribution is -2.22. The Balaban J connectivity index is 2.62. The first-order chi connectivity index (χ1) is 7.50. The summed E-state index contributed by atoms with van der Waals surface area (Å²) in [4.78, 5) is 12.5. The monoisotopic (exact) mass is 221 g/mol. The van der Waals surface area contributed by atoms with Crippen molar-refractivity contribution in [3.05, 3.63) is 34.9 Å². The molecule has 16 heavy (non-hydrogen) atoms. The van der Waals surface area contributed by atoms with E-state index in [4.69, 9.17) is 5.11 Å². The van der Waals surface area contributed by atoms with E-state index < -0.39 is 5.97 Å². The lowest BCUT2D eigenvalue weighted by atomic mass is 10.0. The van der Waals surface area contributed by atoms with E-state index in [0.29, 0.717) is 6.54 Å². The van der Waals surface area contributed by atoms with Crippen molar-refractivity contribution in [3.8, 4) is 0 Å². The van der Waals surface area contributed by atoms with Gasteiger partial charge < -0.3 is 10.0 Å². The van der Waals surface area contributed by atoms with Crippen LogP contribution in [0.5, 0.6) is 0 Å². The molecule has 0 amide bonds. The Morgan fingerprint density at radius 3 is 2.38 bits per heavy atom. The second-order valence-corrected chi connectivity index (χ2v) is 4.25. The van der Waals surface area contributed by atoms with Crippen LogP contribution in [-0.4, -0.2) is 29.6 Å². The smallest absolute Gasteiger partial charge is 0.304 e. The van der Waals surface area contributed by atoms with Gasteiger partial charge in [0.1, 0.15) is 0 Å². The van der Waals surface area contributed by atoms with Crippen LogP contribution in [0.25, 0.3) is 0 Å². The number of aliphatic carboxylic acids is 1. The van der Waals surface area contributed by atoms with Gasteiger partial charge in [-0.3, -0.25) is 4.79 Å². The molecule has 0 spiro atoms. The van der Waals surface area contributed by atoms with E-state index in [-0.39, 0.29) is 6.42 Å². The van der Waals surface area contributed by atoms with Crippen LogP contribution in [0.2, 0.25) is 0 Å². The average Bonchev–Trinajstić information content (AvgIpc) is 2.21. The molecule has 0 aliphatic heterocycles. The number of hydrogen-bond donors (Lipinski definition) is 1. The van der Waals surface area contributed by atoms with E-state index in [1.165, 1.54) is 16.7 Å². The molecule has 0 fully saturated rings. The van der Waals surface area contributed by atoms with Gasteiger partial charge in [-0.2, -0.15) is 0 Å². The van der Waals surface area contributed by atoms with Crippen LogP contribution in [-0.2, 0) is 11.3 Å². The molecule has 1 aromatic carbocycles. The van der Waals surface area contributed by atoms with Crippen molar-refractivity contribution in [2.24, 2.45) is 0 Å². The number of aryl methyl sites for hydroxylation is 2. The Bertz CT molecular complexity index is 354. The summed E-state index contributed by atoms with van der Waals surface area (Å²) in [5.74, 6) is -0.742. The average molecular weight is 221 g/mol. The predicted molar refractivity (Wildman–Crippen MR) is 64.5 cm³/mol. The highest BCUT2D eigenvalue weighted by molar-refractivity contribution is 5.66. The number of rotatable bonds is 5. The summed E-state index contributed by atoms with van der Waals surface area (Å²) in [6, 6.07) is 6.23. The van der Waals surface area contributed by atoms with E-state index in [0.717, 1.165) is 6.54 Å². The third kappa shape index (κ3) is 3.66. The second-order valence-electron chi connectivity index (χ2n) is 4.25. The Labute approximate surface area is 96.7 Å². The summed E-state index contributed by atoms with van der Waals surface area (Å²) in [5.41, 5.74) is 3.83. The van der Waals surface area contributed by atoms with Gasteiger partial charge in [-0.15, -0.1) is 0 Å². The van der Waals surface area contributed by atoms with Crippen molar-refractivity contribution in [1.82, 2.24) is 4.90 Å². The molecule has 3 nitrogen and oxygen atoms in total. The number of carboxylic acid groups (broad SMARTS) is 1. The molecule has 0 bridgehead atoms. The van der Waals surface area contributed by atoms with E-state index in [1.54, 1.807) is 0 Å². The summed E-state index contributed by atoms with van der Waals surface area (Å²) in [5, 5.41) is 8.61. The highest BCUT2D eigenvalue weighted by Crippen LogP contribution is 2.15. The molecule has 0 aromatic heterocycles. The van der Waals surface area contributed by atoms with Crippen molar-refractivity contribution in [3.63, 3.8) is 0 Å². The number of hydrogen-bond acceptors (Lipinski definition) is 2. The van der Waals surface area contributed by atoms with Gasteiger partial charge in [-0.25, -0.2) is 0 Å². The van der Waals surface area contributed by atoms with Crippen LogP contribution in [0, 0.1) is 13.8 Å². The highest BCUT2D eigenvalue weighted by atomic mass is 16.4. The molecule has 0 saturated heterocycles. The normalized spacial score (nSPS) is 10.8. The van der Waals surface area contributed by atoms with Crippen molar-refractivity contribution < 1.29 is 9.90 Å². The molecule has 3 heteroatoms. The van der Waals surface area contributed by atoms with Crippen LogP contribution < -0.4 is 0 Å². The molecule has 0 aliphatic rings. The van der Waals surface area contributed by atoms with Crippen LogP contribution in [0.3, 0.4) is 0 Å². The number of carbonyl (C=O) groups is 1. The van der Waals surface area contributed by atoms with Gasteiger partial charge in [0.15, 0.2) is 0 Å². The minimum absolute atomic E-state index is 0.196. The summed E-state index contributed by atoms with van der Waals surface area (Å²) in [7, 11) is 1.95. The molecular weight excluding hydrogens is 202 g/mol. The van der Waals surface area contributed by atoms with E-state index in [1.807, 2.05) is 18.0 Å². The number of benzene rings is 1. The molecule has 1 rings (SSSR count). The second kappa shape index (κ2) is 5.66. The van der Waals surface area contributed by atoms with E-state index in [2.05, 4.69) is 26.0 Å². The lowest BCUT2D eigenvalue weighted by molar-refractivity contribution is -0.137. The third-order valence-electron chi connectivity index (χ3n) is 2.78. The SMILES string of the molecule is Cc1cccc(C)c1CN(C)CCC(=O)O. The van der Waals surface area contributed by atoms with Crippen LogP contribution in [0.4, 0.5) is 0 Å². The fourth-order valence-corrected chi connectivity index (χ4v) is 1.73. The molecule has 0 saturated carbocycles. The van der Waals surface area contributed by atoms with Crippen molar-refractivity contribution in [2.75, 3.05) is 13.6 Å². The minimum atomic E-state index is -0.742. The maximum Gasteiger partial charge on any atom is 0.304 e. The van der Waals surface area contributed by atoms with Gasteiger partial charge in [0, 0.05) is 13.1 Å². The fourth-order valence-electron chi connectivity index (χ4n) is 1.73. The van der Waals surface area contributed by atoms with Crippen LogP contribution in [0.15, 0.2) is 18.2 Å². The lowest BCUT2D eigenvalue weighted by Gasteiger charge is -2.18. The van der Waals surface area contributed by atoms with E-state index in [9.17, 15) is 4.79 Å². The van der Waals surface area contributed by atoms with Gasteiger partial charge in [-0.1, -0.05) is 18.2 Å². The molecule has 0 radical (unpaired) electrons. The topological polar surface area (TPSA) is 40.5 Å². The Kier molecular flexibility index (Phi) is 4.50. The Hall–Kier alpha value is -1.35. The molecule has 0 aliphatic carbocycles. The largest absolute Gasteiger partial charge is 0.481 e. The van der Waals surface area contributed by atoms with E-state index >= 15 is 0 Å². The maximum absolute atomic E-state index is 10.5. The fraction of sp³-hybridized carbons (Fsp3) is 0.462. The maximum atomic E-state index is 10.5. The Morgan fingerprint density at radius 1 is 1.31 bits per heavy atom. The zero-order valence-electron chi connectivity index (χ0n) is 10.2. The van der Waals surface area contributed by atoms with Gasteiger partial charge in [0.25, 0.3) is 0 Å². The van der Waals surface area contributed by atoms with Crippen molar-refractivity contribution in [1.29, 1.82) is 0 Å². The first kappa shape index (κ1) is 12.7. The number of carboxylic acids is 1. The first-order valence-corrected chi connectivity index (χ1v) is 5.46. The van der Waals surface area contributed by atoms with Crippen molar-refractivity contribution in [2.45, 2.75) is 26.8 Å². The summed E-state index contributed by atoms with van der Waals surface area (Å²) < 4.78 is 0. The molecule has 0 unspecified atom stereocenters. The van der Waals surface area contributed by atoms with Crippen LogP contribution in [0.1, 0.15) is 23.1 Å². The summed E-state index contributed by atoms with van der Waals surface area (Å²) in [6.45, 7) is 5.58. The molecule has 1 N–H and O–H groups in total. The van der Waals surface area contributed by atoms with Gasteiger partial charge in [0.05, 0.1) is 6.42 Å². The summed E-state index contributed by atoms with van der Waals surface area (Å²) >= 11 is 0. The zero-order valence-corrected chi connectivity index (χ0v) is 10.2. The molecular formula is C13H19NO2. The molecule has 88 valence electrons.